The first kappa shape index (κ1) is 6.62. The minimum atomic E-state index is 0.279. The van der Waals surface area contributed by atoms with Crippen LogP contribution >= 0.6 is 0 Å². The fourth-order valence-electron chi connectivity index (χ4n) is 1.75. The molecule has 2 heteroatoms. The Kier molecular flexibility index (Phi) is 1.46. The fourth-order valence-corrected chi connectivity index (χ4v) is 1.75. The van der Waals surface area contributed by atoms with E-state index in [4.69, 9.17) is 9.84 Å². The smallest absolute Gasteiger partial charge is 0.0689 e. The number of rotatable bonds is 2. The van der Waals surface area contributed by atoms with Gasteiger partial charge >= 0.3 is 0 Å². The minimum Gasteiger partial charge on any atom is -0.396 e. The van der Waals surface area contributed by atoms with Crippen LogP contribution < -0.4 is 0 Å². The summed E-state index contributed by atoms with van der Waals surface area (Å²) in [7, 11) is 0. The van der Waals surface area contributed by atoms with Crippen molar-refractivity contribution in [2.45, 2.75) is 43.8 Å². The van der Waals surface area contributed by atoms with Gasteiger partial charge in [0, 0.05) is 6.61 Å². The van der Waals surface area contributed by atoms with Gasteiger partial charge in [0.15, 0.2) is 0 Å². The predicted molar refractivity (Wildman–Crippen MR) is 37.8 cm³/mol. The van der Waals surface area contributed by atoms with E-state index in [0.29, 0.717) is 11.7 Å². The van der Waals surface area contributed by atoms with Crippen molar-refractivity contribution in [3.8, 4) is 0 Å². The highest BCUT2D eigenvalue weighted by atomic mass is 16.5. The van der Waals surface area contributed by atoms with Crippen LogP contribution in [-0.2, 0) is 4.74 Å². The summed E-state index contributed by atoms with van der Waals surface area (Å²) in [5.41, 5.74) is 0.305. The highest BCUT2D eigenvalue weighted by Crippen LogP contribution is 2.49. The van der Waals surface area contributed by atoms with Crippen LogP contribution in [0.25, 0.3) is 0 Å². The van der Waals surface area contributed by atoms with Gasteiger partial charge in [-0.3, -0.25) is 0 Å². The van der Waals surface area contributed by atoms with Crippen molar-refractivity contribution in [3.63, 3.8) is 0 Å². The molecule has 1 spiro atoms. The molecule has 1 atom stereocenters. The zero-order valence-electron chi connectivity index (χ0n) is 6.18. The van der Waals surface area contributed by atoms with Gasteiger partial charge in [-0.25, -0.2) is 0 Å². The summed E-state index contributed by atoms with van der Waals surface area (Å²) >= 11 is 0. The van der Waals surface area contributed by atoms with Crippen molar-refractivity contribution in [3.05, 3.63) is 0 Å². The first-order chi connectivity index (χ1) is 4.85. The molecule has 2 rings (SSSR count). The molecule has 0 aromatic carbocycles. The Labute approximate surface area is 61.2 Å². The average molecular weight is 142 g/mol. The predicted octanol–water partition coefficient (Wildman–Crippen LogP) is 1.08. The second-order valence-electron chi connectivity index (χ2n) is 3.47. The Morgan fingerprint density at radius 2 is 2.20 bits per heavy atom. The van der Waals surface area contributed by atoms with Gasteiger partial charge in [0.25, 0.3) is 0 Å². The lowest BCUT2D eigenvalue weighted by molar-refractivity contribution is 0.0158. The molecule has 1 saturated heterocycles. The number of aliphatic hydroxyl groups excluding tert-OH is 1. The first-order valence-corrected chi connectivity index (χ1v) is 4.13. The molecule has 1 aliphatic heterocycles. The largest absolute Gasteiger partial charge is 0.396 e. The van der Waals surface area contributed by atoms with E-state index in [1.54, 1.807) is 0 Å². The fraction of sp³-hybridized carbons (Fsp3) is 1.00. The van der Waals surface area contributed by atoms with E-state index < -0.39 is 0 Å². The molecule has 1 heterocycles. The van der Waals surface area contributed by atoms with Crippen LogP contribution in [0.1, 0.15) is 32.1 Å². The summed E-state index contributed by atoms with van der Waals surface area (Å²) in [5, 5.41) is 8.64. The summed E-state index contributed by atoms with van der Waals surface area (Å²) in [6.07, 6.45) is 6.12. The Hall–Kier alpha value is -0.0800. The number of hydrogen-bond acceptors (Lipinski definition) is 2. The molecule has 1 saturated carbocycles. The van der Waals surface area contributed by atoms with Crippen LogP contribution in [0.15, 0.2) is 0 Å². The molecule has 2 fully saturated rings. The molecule has 1 unspecified atom stereocenters. The van der Waals surface area contributed by atoms with Crippen molar-refractivity contribution < 1.29 is 9.84 Å². The van der Waals surface area contributed by atoms with Crippen LogP contribution in [0.4, 0.5) is 0 Å². The van der Waals surface area contributed by atoms with Gasteiger partial charge in [-0.1, -0.05) is 0 Å². The quantitative estimate of drug-likeness (QED) is 0.625. The molecular formula is C8H14O2. The van der Waals surface area contributed by atoms with Gasteiger partial charge in [-0.15, -0.1) is 0 Å². The number of hydrogen-bond donors (Lipinski definition) is 1. The van der Waals surface area contributed by atoms with E-state index in [2.05, 4.69) is 0 Å². The molecule has 0 bridgehead atoms. The zero-order valence-corrected chi connectivity index (χ0v) is 6.18. The van der Waals surface area contributed by atoms with E-state index in [9.17, 15) is 0 Å². The van der Waals surface area contributed by atoms with Crippen LogP contribution in [-0.4, -0.2) is 23.4 Å². The van der Waals surface area contributed by atoms with Crippen molar-refractivity contribution in [1.82, 2.24) is 0 Å². The molecule has 2 aliphatic rings. The van der Waals surface area contributed by atoms with Crippen molar-refractivity contribution in [1.29, 1.82) is 0 Å². The molecule has 1 N–H and O–H groups in total. The zero-order chi connectivity index (χ0) is 7.03. The second kappa shape index (κ2) is 2.21. The third-order valence-electron chi connectivity index (χ3n) is 2.60. The maximum Gasteiger partial charge on any atom is 0.0689 e. The molecule has 1 aliphatic carbocycles. The lowest BCUT2D eigenvalue weighted by atomic mass is 10.1. The van der Waals surface area contributed by atoms with E-state index in [-0.39, 0.29) is 6.61 Å². The van der Waals surface area contributed by atoms with Gasteiger partial charge in [0.1, 0.15) is 0 Å². The van der Waals surface area contributed by atoms with Gasteiger partial charge in [0.05, 0.1) is 11.7 Å². The Balaban J connectivity index is 1.82. The van der Waals surface area contributed by atoms with Crippen molar-refractivity contribution in [2.75, 3.05) is 6.61 Å². The van der Waals surface area contributed by atoms with Crippen molar-refractivity contribution in [2.24, 2.45) is 0 Å². The van der Waals surface area contributed by atoms with Crippen LogP contribution in [0.2, 0.25) is 0 Å². The topological polar surface area (TPSA) is 29.5 Å². The van der Waals surface area contributed by atoms with Crippen molar-refractivity contribution >= 4 is 0 Å². The van der Waals surface area contributed by atoms with Crippen LogP contribution in [0.5, 0.6) is 0 Å². The molecule has 0 radical (unpaired) electrons. The maximum atomic E-state index is 8.64. The SMILES string of the molecule is OCCC1CCC2(CC2)O1. The Bertz CT molecular complexity index is 129. The molecule has 10 heavy (non-hydrogen) atoms. The van der Waals surface area contributed by atoms with Crippen LogP contribution in [0.3, 0.4) is 0 Å². The summed E-state index contributed by atoms with van der Waals surface area (Å²) < 4.78 is 5.74. The number of aliphatic hydroxyl groups is 1. The van der Waals surface area contributed by atoms with E-state index >= 15 is 0 Å². The minimum absolute atomic E-state index is 0.279. The first-order valence-electron chi connectivity index (χ1n) is 4.13. The third kappa shape index (κ3) is 1.06. The number of ether oxygens (including phenoxy) is 1. The summed E-state index contributed by atoms with van der Waals surface area (Å²) in [6, 6.07) is 0. The third-order valence-corrected chi connectivity index (χ3v) is 2.60. The summed E-state index contributed by atoms with van der Waals surface area (Å²) in [4.78, 5) is 0. The lowest BCUT2D eigenvalue weighted by Gasteiger charge is -2.09. The van der Waals surface area contributed by atoms with E-state index in [1.165, 1.54) is 25.7 Å². The molecule has 58 valence electrons. The molecular weight excluding hydrogens is 128 g/mol. The van der Waals surface area contributed by atoms with Gasteiger partial charge in [-0.05, 0) is 32.1 Å². The highest BCUT2D eigenvalue weighted by molar-refractivity contribution is 5.00. The van der Waals surface area contributed by atoms with Gasteiger partial charge in [0.2, 0.25) is 0 Å². The molecule has 2 nitrogen and oxygen atoms in total. The van der Waals surface area contributed by atoms with Crippen LogP contribution in [0, 0.1) is 0 Å². The lowest BCUT2D eigenvalue weighted by Crippen LogP contribution is -2.12. The standard InChI is InChI=1S/C8H14O2/c9-6-2-7-1-3-8(10-7)4-5-8/h7,9H,1-6H2. The van der Waals surface area contributed by atoms with Gasteiger partial charge < -0.3 is 9.84 Å². The summed E-state index contributed by atoms with van der Waals surface area (Å²) in [5.74, 6) is 0. The Morgan fingerprint density at radius 1 is 1.40 bits per heavy atom. The van der Waals surface area contributed by atoms with E-state index in [0.717, 1.165) is 6.42 Å². The monoisotopic (exact) mass is 142 g/mol. The summed E-state index contributed by atoms with van der Waals surface area (Å²) in [6.45, 7) is 0.279. The maximum absolute atomic E-state index is 8.64. The highest BCUT2D eigenvalue weighted by Gasteiger charge is 2.49. The van der Waals surface area contributed by atoms with E-state index in [1.807, 2.05) is 0 Å². The van der Waals surface area contributed by atoms with Gasteiger partial charge in [-0.2, -0.15) is 0 Å². The molecule has 0 aromatic rings. The molecule has 0 amide bonds. The Morgan fingerprint density at radius 3 is 2.70 bits per heavy atom. The normalized spacial score (nSPS) is 35.1. The molecule has 0 aromatic heterocycles. The average Bonchev–Trinajstić information content (AvgIpc) is 2.52. The second-order valence-corrected chi connectivity index (χ2v) is 3.47.